The number of rotatable bonds is 2. The molecule has 2 aromatic heterocycles. The van der Waals surface area contributed by atoms with Crippen LogP contribution in [0.3, 0.4) is 0 Å². The summed E-state index contributed by atoms with van der Waals surface area (Å²) in [4.78, 5) is 18.4. The SMILES string of the molecule is Cc1ccn(-c2cnc(N)c(C(=O)O)n2)n1. The molecule has 0 atom stereocenters. The minimum Gasteiger partial charge on any atom is -0.476 e. The van der Waals surface area contributed by atoms with Gasteiger partial charge in [-0.2, -0.15) is 5.10 Å². The summed E-state index contributed by atoms with van der Waals surface area (Å²) in [6.07, 6.45) is 3.04. The number of aromatic carboxylic acids is 1. The molecule has 7 heteroatoms. The molecule has 82 valence electrons. The molecule has 0 radical (unpaired) electrons. The predicted octanol–water partition coefficient (Wildman–Crippen LogP) is 0.251. The topological polar surface area (TPSA) is 107 Å². The van der Waals surface area contributed by atoms with Crippen molar-refractivity contribution >= 4 is 11.8 Å². The molecule has 3 N–H and O–H groups in total. The quantitative estimate of drug-likeness (QED) is 0.749. The molecule has 0 aliphatic carbocycles. The summed E-state index contributed by atoms with van der Waals surface area (Å²) in [6.45, 7) is 1.82. The maximum Gasteiger partial charge on any atom is 0.358 e. The number of carboxylic acids is 1. The molecule has 0 aliphatic heterocycles. The number of carbonyl (C=O) groups is 1. The lowest BCUT2D eigenvalue weighted by Gasteiger charge is -2.03. The van der Waals surface area contributed by atoms with Crippen LogP contribution in [0, 0.1) is 6.92 Å². The Balaban J connectivity index is 2.51. The van der Waals surface area contributed by atoms with Gasteiger partial charge < -0.3 is 10.8 Å². The molecular formula is C9H9N5O2. The molecule has 0 fully saturated rings. The van der Waals surface area contributed by atoms with E-state index in [2.05, 4.69) is 15.1 Å². The first kappa shape index (κ1) is 10.1. The lowest BCUT2D eigenvalue weighted by atomic mass is 10.4. The molecule has 0 unspecified atom stereocenters. The van der Waals surface area contributed by atoms with Crippen molar-refractivity contribution in [2.45, 2.75) is 6.92 Å². The summed E-state index contributed by atoms with van der Waals surface area (Å²) >= 11 is 0. The van der Waals surface area contributed by atoms with Gasteiger partial charge in [-0.25, -0.2) is 19.4 Å². The number of aromatic nitrogens is 4. The largest absolute Gasteiger partial charge is 0.476 e. The Hall–Kier alpha value is -2.44. The van der Waals surface area contributed by atoms with Crippen molar-refractivity contribution in [2.24, 2.45) is 0 Å². The standard InChI is InChI=1S/C9H9N5O2/c1-5-2-3-14(13-5)6-4-11-8(10)7(12-6)9(15)16/h2-4H,1H3,(H2,10,11)(H,15,16). The molecule has 0 saturated carbocycles. The van der Waals surface area contributed by atoms with Crippen molar-refractivity contribution in [1.82, 2.24) is 19.7 Å². The average molecular weight is 219 g/mol. The van der Waals surface area contributed by atoms with Gasteiger partial charge in [0, 0.05) is 6.20 Å². The van der Waals surface area contributed by atoms with Gasteiger partial charge in [0.15, 0.2) is 17.3 Å². The summed E-state index contributed by atoms with van der Waals surface area (Å²) in [6, 6.07) is 1.78. The molecule has 2 heterocycles. The highest BCUT2D eigenvalue weighted by Gasteiger charge is 2.13. The lowest BCUT2D eigenvalue weighted by molar-refractivity contribution is 0.0691. The lowest BCUT2D eigenvalue weighted by Crippen LogP contribution is -2.11. The van der Waals surface area contributed by atoms with Crippen LogP contribution in [0.2, 0.25) is 0 Å². The number of nitrogens with two attached hydrogens (primary N) is 1. The zero-order chi connectivity index (χ0) is 11.7. The molecule has 0 bridgehead atoms. The van der Waals surface area contributed by atoms with Crippen molar-refractivity contribution in [3.63, 3.8) is 0 Å². The molecule has 16 heavy (non-hydrogen) atoms. The summed E-state index contributed by atoms with van der Waals surface area (Å²) in [5.74, 6) is -1.00. The second-order valence-corrected chi connectivity index (χ2v) is 3.17. The minimum absolute atomic E-state index is 0.111. The summed E-state index contributed by atoms with van der Waals surface area (Å²) in [5, 5.41) is 12.9. The maximum absolute atomic E-state index is 10.8. The monoisotopic (exact) mass is 219 g/mol. The van der Waals surface area contributed by atoms with E-state index in [4.69, 9.17) is 10.8 Å². The van der Waals surface area contributed by atoms with Gasteiger partial charge in [-0.15, -0.1) is 0 Å². The van der Waals surface area contributed by atoms with Gasteiger partial charge in [-0.05, 0) is 13.0 Å². The van der Waals surface area contributed by atoms with Crippen LogP contribution in [0.4, 0.5) is 5.82 Å². The average Bonchev–Trinajstić information content (AvgIpc) is 2.65. The van der Waals surface area contributed by atoms with Crippen LogP contribution < -0.4 is 5.73 Å². The predicted molar refractivity (Wildman–Crippen MR) is 55.3 cm³/mol. The number of hydrogen-bond acceptors (Lipinski definition) is 5. The number of aryl methyl sites for hydroxylation is 1. The first-order valence-corrected chi connectivity index (χ1v) is 4.46. The third-order valence-electron chi connectivity index (χ3n) is 1.95. The van der Waals surface area contributed by atoms with Crippen molar-refractivity contribution in [3.8, 4) is 5.82 Å². The van der Waals surface area contributed by atoms with E-state index in [0.717, 1.165) is 5.69 Å². The zero-order valence-electron chi connectivity index (χ0n) is 8.45. The van der Waals surface area contributed by atoms with E-state index in [1.54, 1.807) is 12.3 Å². The number of nitrogen functional groups attached to an aromatic ring is 1. The van der Waals surface area contributed by atoms with Gasteiger partial charge in [0.25, 0.3) is 0 Å². The van der Waals surface area contributed by atoms with Crippen LogP contribution in [0.25, 0.3) is 5.82 Å². The molecule has 2 aromatic rings. The van der Waals surface area contributed by atoms with Crippen molar-refractivity contribution in [2.75, 3.05) is 5.73 Å². The molecule has 0 amide bonds. The fourth-order valence-corrected chi connectivity index (χ4v) is 1.20. The van der Waals surface area contributed by atoms with Crippen molar-refractivity contribution < 1.29 is 9.90 Å². The van der Waals surface area contributed by atoms with E-state index >= 15 is 0 Å². The van der Waals surface area contributed by atoms with E-state index in [1.807, 2.05) is 6.92 Å². The van der Waals surface area contributed by atoms with E-state index in [0.29, 0.717) is 5.82 Å². The molecule has 0 aromatic carbocycles. The molecule has 0 spiro atoms. The molecular weight excluding hydrogens is 210 g/mol. The molecule has 2 rings (SSSR count). The Kier molecular flexibility index (Phi) is 2.28. The third kappa shape index (κ3) is 1.70. The van der Waals surface area contributed by atoms with E-state index in [-0.39, 0.29) is 11.5 Å². The van der Waals surface area contributed by atoms with Crippen LogP contribution in [0.5, 0.6) is 0 Å². The van der Waals surface area contributed by atoms with E-state index < -0.39 is 5.97 Å². The minimum atomic E-state index is -1.21. The highest BCUT2D eigenvalue weighted by atomic mass is 16.4. The van der Waals surface area contributed by atoms with Crippen molar-refractivity contribution in [3.05, 3.63) is 29.8 Å². The van der Waals surface area contributed by atoms with Gasteiger partial charge >= 0.3 is 5.97 Å². The molecule has 0 aliphatic rings. The van der Waals surface area contributed by atoms with Crippen LogP contribution >= 0.6 is 0 Å². The Morgan fingerprint density at radius 1 is 1.56 bits per heavy atom. The summed E-state index contributed by atoms with van der Waals surface area (Å²) in [5.41, 5.74) is 5.92. The Morgan fingerprint density at radius 3 is 2.88 bits per heavy atom. The van der Waals surface area contributed by atoms with Gasteiger partial charge in [-0.1, -0.05) is 0 Å². The normalized spacial score (nSPS) is 10.3. The van der Waals surface area contributed by atoms with Crippen LogP contribution in [-0.2, 0) is 0 Å². The Bertz CT molecular complexity index is 549. The summed E-state index contributed by atoms with van der Waals surface area (Å²) < 4.78 is 1.44. The number of nitrogens with zero attached hydrogens (tertiary/aromatic N) is 4. The summed E-state index contributed by atoms with van der Waals surface area (Å²) in [7, 11) is 0. The fourth-order valence-electron chi connectivity index (χ4n) is 1.20. The van der Waals surface area contributed by atoms with Crippen LogP contribution in [0.15, 0.2) is 18.5 Å². The van der Waals surface area contributed by atoms with Gasteiger partial charge in [0.05, 0.1) is 11.9 Å². The Labute approximate surface area is 90.6 Å². The second-order valence-electron chi connectivity index (χ2n) is 3.17. The number of hydrogen-bond donors (Lipinski definition) is 2. The molecule has 7 nitrogen and oxygen atoms in total. The van der Waals surface area contributed by atoms with Crippen LogP contribution in [0.1, 0.15) is 16.2 Å². The number of carboxylic acid groups (broad SMARTS) is 1. The third-order valence-corrected chi connectivity index (χ3v) is 1.95. The first-order chi connectivity index (χ1) is 7.58. The smallest absolute Gasteiger partial charge is 0.358 e. The second kappa shape index (κ2) is 3.61. The van der Waals surface area contributed by atoms with Crippen LogP contribution in [-0.4, -0.2) is 30.8 Å². The Morgan fingerprint density at radius 2 is 2.31 bits per heavy atom. The van der Waals surface area contributed by atoms with E-state index in [9.17, 15) is 4.79 Å². The van der Waals surface area contributed by atoms with Crippen molar-refractivity contribution in [1.29, 1.82) is 0 Å². The first-order valence-electron chi connectivity index (χ1n) is 4.46. The maximum atomic E-state index is 10.8. The number of anilines is 1. The highest BCUT2D eigenvalue weighted by Crippen LogP contribution is 2.09. The highest BCUT2D eigenvalue weighted by molar-refractivity contribution is 5.90. The molecule has 0 saturated heterocycles. The van der Waals surface area contributed by atoms with Gasteiger partial charge in [0.2, 0.25) is 0 Å². The van der Waals surface area contributed by atoms with Gasteiger partial charge in [0.1, 0.15) is 0 Å². The van der Waals surface area contributed by atoms with Gasteiger partial charge in [-0.3, -0.25) is 0 Å². The fraction of sp³-hybridized carbons (Fsp3) is 0.111. The van der Waals surface area contributed by atoms with E-state index in [1.165, 1.54) is 10.9 Å². The zero-order valence-corrected chi connectivity index (χ0v) is 8.45.